The van der Waals surface area contributed by atoms with Gasteiger partial charge in [0.1, 0.15) is 0 Å². The second-order valence-electron chi connectivity index (χ2n) is 9.58. The highest BCUT2D eigenvalue weighted by Crippen LogP contribution is 2.31. The Balaban J connectivity index is 1.59. The zero-order chi connectivity index (χ0) is 28.0. The molecule has 1 aliphatic heterocycles. The van der Waals surface area contributed by atoms with Crippen LogP contribution in [0.15, 0.2) is 120 Å². The van der Waals surface area contributed by atoms with Gasteiger partial charge in [-0.15, -0.1) is 0 Å². The number of nitrogens with zero attached hydrogens (tertiary/aromatic N) is 3. The van der Waals surface area contributed by atoms with E-state index in [1.54, 1.807) is 24.3 Å². The molecule has 0 spiro atoms. The van der Waals surface area contributed by atoms with Crippen LogP contribution < -0.4 is 20.5 Å². The summed E-state index contributed by atoms with van der Waals surface area (Å²) in [5.74, 6) is -0.765. The van der Waals surface area contributed by atoms with Gasteiger partial charge in [0.25, 0.3) is 11.8 Å². The fourth-order valence-corrected chi connectivity index (χ4v) is 4.90. The summed E-state index contributed by atoms with van der Waals surface area (Å²) in [5.41, 5.74) is 2.69. The summed E-state index contributed by atoms with van der Waals surface area (Å²) in [4.78, 5) is 30.3. The van der Waals surface area contributed by atoms with Gasteiger partial charge < -0.3 is 15.5 Å². The van der Waals surface area contributed by atoms with Crippen molar-refractivity contribution < 1.29 is 9.59 Å². The molecular weight excluding hydrogens is 498 g/mol. The van der Waals surface area contributed by atoms with Gasteiger partial charge in [0.2, 0.25) is 5.66 Å². The SMILES string of the molecule is CCN(CC)c1ccc(NC2(NC(=O)c3ccccc3)C(=O)N(c3ccccc3)N=C2Cc2ccccc2)cc1. The van der Waals surface area contributed by atoms with Gasteiger partial charge in [0, 0.05) is 36.4 Å². The van der Waals surface area contributed by atoms with Gasteiger partial charge >= 0.3 is 0 Å². The van der Waals surface area contributed by atoms with Crippen LogP contribution in [-0.4, -0.2) is 36.3 Å². The van der Waals surface area contributed by atoms with E-state index >= 15 is 0 Å². The minimum atomic E-state index is -1.62. The first kappa shape index (κ1) is 26.7. The number of carbonyl (C=O) groups is 2. The van der Waals surface area contributed by atoms with Crippen molar-refractivity contribution in [3.63, 3.8) is 0 Å². The molecule has 0 bridgehead atoms. The summed E-state index contributed by atoms with van der Waals surface area (Å²) in [7, 11) is 0. The van der Waals surface area contributed by atoms with E-state index in [4.69, 9.17) is 5.10 Å². The molecule has 4 aromatic rings. The minimum absolute atomic E-state index is 0.357. The molecule has 0 aliphatic carbocycles. The van der Waals surface area contributed by atoms with E-state index in [2.05, 4.69) is 29.4 Å². The number of rotatable bonds is 10. The second-order valence-corrected chi connectivity index (χ2v) is 9.58. The lowest BCUT2D eigenvalue weighted by Gasteiger charge is -2.32. The van der Waals surface area contributed by atoms with Crippen LogP contribution in [0.3, 0.4) is 0 Å². The first-order valence-corrected chi connectivity index (χ1v) is 13.6. The normalized spacial score (nSPS) is 16.4. The third-order valence-electron chi connectivity index (χ3n) is 7.05. The third kappa shape index (κ3) is 5.45. The first-order chi connectivity index (χ1) is 19.5. The molecule has 0 saturated heterocycles. The lowest BCUT2D eigenvalue weighted by molar-refractivity contribution is -0.120. The number of carbonyl (C=O) groups excluding carboxylic acids is 2. The van der Waals surface area contributed by atoms with Crippen molar-refractivity contribution in [2.45, 2.75) is 25.9 Å². The number of hydrazone groups is 1. The zero-order valence-electron chi connectivity index (χ0n) is 22.7. The third-order valence-corrected chi connectivity index (χ3v) is 7.05. The van der Waals surface area contributed by atoms with Crippen LogP contribution in [0.5, 0.6) is 0 Å². The highest BCUT2D eigenvalue weighted by molar-refractivity contribution is 6.26. The van der Waals surface area contributed by atoms with Gasteiger partial charge in [-0.25, -0.2) is 0 Å². The topological polar surface area (TPSA) is 77.0 Å². The molecule has 7 nitrogen and oxygen atoms in total. The molecule has 1 aliphatic rings. The number of anilines is 3. The summed E-state index contributed by atoms with van der Waals surface area (Å²) in [6.07, 6.45) is 0.357. The average Bonchev–Trinajstić information content (AvgIpc) is 3.26. The van der Waals surface area contributed by atoms with Gasteiger partial charge in [-0.3, -0.25) is 9.59 Å². The van der Waals surface area contributed by atoms with Crippen molar-refractivity contribution in [3.8, 4) is 0 Å². The van der Waals surface area contributed by atoms with E-state index in [-0.39, 0.29) is 11.8 Å². The molecule has 202 valence electrons. The molecular formula is C33H33N5O2. The molecule has 5 rings (SSSR count). The largest absolute Gasteiger partial charge is 0.372 e. The van der Waals surface area contributed by atoms with Gasteiger partial charge in [-0.1, -0.05) is 66.7 Å². The molecule has 1 unspecified atom stereocenters. The summed E-state index contributed by atoms with van der Waals surface area (Å²) in [6, 6.07) is 35.9. The van der Waals surface area contributed by atoms with Crippen molar-refractivity contribution in [3.05, 3.63) is 126 Å². The Kier molecular flexibility index (Phi) is 7.92. The maximum Gasteiger partial charge on any atom is 0.300 e. The molecule has 0 radical (unpaired) electrons. The predicted molar refractivity (Wildman–Crippen MR) is 162 cm³/mol. The standard InChI is InChI=1S/C33H33N5O2/c1-3-37(4-2)28-22-20-27(21-23-28)34-33(35-31(39)26-16-10-6-11-17-26)30(24-25-14-8-5-9-15-25)36-38(32(33)40)29-18-12-7-13-19-29/h5-23,34H,3-4,24H2,1-2H3,(H,35,39). The van der Waals surface area contributed by atoms with Crippen LogP contribution in [0.4, 0.5) is 17.1 Å². The van der Waals surface area contributed by atoms with Crippen LogP contribution in [0, 0.1) is 0 Å². The molecule has 4 aromatic carbocycles. The predicted octanol–water partition coefficient (Wildman–Crippen LogP) is 5.72. The fraction of sp³-hybridized carbons (Fsp3) is 0.182. The Morgan fingerprint density at radius 3 is 1.98 bits per heavy atom. The van der Waals surface area contributed by atoms with Crippen molar-refractivity contribution in [1.82, 2.24) is 5.32 Å². The number of hydrogen-bond donors (Lipinski definition) is 2. The molecule has 7 heteroatoms. The summed E-state index contributed by atoms with van der Waals surface area (Å²) >= 11 is 0. The van der Waals surface area contributed by atoms with Crippen LogP contribution in [0.2, 0.25) is 0 Å². The number of hydrogen-bond acceptors (Lipinski definition) is 5. The number of para-hydroxylation sites is 1. The average molecular weight is 532 g/mol. The lowest BCUT2D eigenvalue weighted by Crippen LogP contribution is -2.65. The summed E-state index contributed by atoms with van der Waals surface area (Å²) < 4.78 is 0. The Morgan fingerprint density at radius 2 is 1.38 bits per heavy atom. The van der Waals surface area contributed by atoms with E-state index in [1.807, 2.05) is 91.0 Å². The lowest BCUT2D eigenvalue weighted by atomic mass is 9.95. The van der Waals surface area contributed by atoms with Crippen LogP contribution in [0.1, 0.15) is 29.8 Å². The smallest absolute Gasteiger partial charge is 0.300 e. The maximum atomic E-state index is 14.4. The van der Waals surface area contributed by atoms with Gasteiger partial charge in [-0.2, -0.15) is 10.1 Å². The monoisotopic (exact) mass is 531 g/mol. The summed E-state index contributed by atoms with van der Waals surface area (Å²) in [5, 5.41) is 12.7. The van der Waals surface area contributed by atoms with Crippen molar-refractivity contribution >= 4 is 34.6 Å². The minimum Gasteiger partial charge on any atom is -0.372 e. The molecule has 40 heavy (non-hydrogen) atoms. The maximum absolute atomic E-state index is 14.4. The molecule has 1 heterocycles. The van der Waals surface area contributed by atoms with Crippen LogP contribution in [0.25, 0.3) is 0 Å². The van der Waals surface area contributed by atoms with E-state index in [0.29, 0.717) is 29.1 Å². The molecule has 2 amide bonds. The second kappa shape index (κ2) is 11.9. The Hall–Kier alpha value is -4.91. The molecule has 1 atom stereocenters. The number of nitrogens with one attached hydrogen (secondary N) is 2. The molecule has 0 saturated carbocycles. The van der Waals surface area contributed by atoms with Crippen LogP contribution >= 0.6 is 0 Å². The zero-order valence-corrected chi connectivity index (χ0v) is 22.7. The van der Waals surface area contributed by atoms with Gasteiger partial charge in [0.15, 0.2) is 0 Å². The number of amides is 2. The van der Waals surface area contributed by atoms with Crippen LogP contribution in [-0.2, 0) is 11.2 Å². The molecule has 0 fully saturated rings. The fourth-order valence-electron chi connectivity index (χ4n) is 4.90. The van der Waals surface area contributed by atoms with Gasteiger partial charge in [-0.05, 0) is 67.9 Å². The quantitative estimate of drug-likeness (QED) is 0.257. The molecule has 2 N–H and O–H groups in total. The Bertz CT molecular complexity index is 1470. The van der Waals surface area contributed by atoms with Crippen molar-refractivity contribution in [2.24, 2.45) is 5.10 Å². The van der Waals surface area contributed by atoms with Crippen molar-refractivity contribution in [1.29, 1.82) is 0 Å². The van der Waals surface area contributed by atoms with Crippen molar-refractivity contribution in [2.75, 3.05) is 28.3 Å². The van der Waals surface area contributed by atoms with E-state index in [9.17, 15) is 9.59 Å². The number of benzene rings is 4. The highest BCUT2D eigenvalue weighted by Gasteiger charge is 2.53. The first-order valence-electron chi connectivity index (χ1n) is 13.6. The van der Waals surface area contributed by atoms with E-state index < -0.39 is 5.66 Å². The van der Waals surface area contributed by atoms with Gasteiger partial charge in [0.05, 0.1) is 11.4 Å². The summed E-state index contributed by atoms with van der Waals surface area (Å²) in [6.45, 7) is 6.01. The van der Waals surface area contributed by atoms with E-state index in [1.165, 1.54) is 5.01 Å². The highest BCUT2D eigenvalue weighted by atomic mass is 16.2. The molecule has 0 aromatic heterocycles. The Morgan fingerprint density at radius 1 is 0.800 bits per heavy atom. The van der Waals surface area contributed by atoms with E-state index in [0.717, 1.165) is 24.3 Å². The Labute approximate surface area is 235 Å².